The fourth-order valence-electron chi connectivity index (χ4n) is 2.94. The predicted molar refractivity (Wildman–Crippen MR) is 104 cm³/mol. The molecule has 0 radical (unpaired) electrons. The van der Waals surface area contributed by atoms with Gasteiger partial charge in [-0.3, -0.25) is 19.4 Å². The van der Waals surface area contributed by atoms with Crippen molar-refractivity contribution in [1.82, 2.24) is 20.2 Å². The highest BCUT2D eigenvalue weighted by Gasteiger charge is 2.47. The summed E-state index contributed by atoms with van der Waals surface area (Å²) in [6.45, 7) is -1.48. The molecule has 2 aromatic heterocycles. The second-order valence-electron chi connectivity index (χ2n) is 6.65. The third-order valence-corrected chi connectivity index (χ3v) is 4.64. The normalized spacial score (nSPS) is 17.0. The Morgan fingerprint density at radius 2 is 2.03 bits per heavy atom. The van der Waals surface area contributed by atoms with Crippen LogP contribution in [-0.2, 0) is 4.79 Å². The van der Waals surface area contributed by atoms with Crippen LogP contribution in [0.4, 0.5) is 14.5 Å². The molecule has 1 fully saturated rings. The number of hydrogen-bond donors (Lipinski definition) is 2. The van der Waals surface area contributed by atoms with Crippen LogP contribution in [0.5, 0.6) is 0 Å². The largest absolute Gasteiger partial charge is 0.343 e. The van der Waals surface area contributed by atoms with Crippen LogP contribution in [0, 0.1) is 11.3 Å². The van der Waals surface area contributed by atoms with Crippen LogP contribution < -0.4 is 10.6 Å². The lowest BCUT2D eigenvalue weighted by Crippen LogP contribution is -2.43. The maximum absolute atomic E-state index is 13.5. The van der Waals surface area contributed by atoms with Crippen LogP contribution in [0.2, 0.25) is 5.02 Å². The minimum Gasteiger partial charge on any atom is -0.343 e. The zero-order valence-corrected chi connectivity index (χ0v) is 16.6. The standard InChI is InChI=1S/C19H15ClF2N6O3/c20-11-1-2-14(25-7-11)18(31)27-15-8-24-4-3-13(15)17(30)26-9-16(29)28-10-19(21,22)5-12(28)6-23/h1-4,7-8,12H,5,9-10H2,(H,26,30)(H,27,31). The number of nitriles is 1. The summed E-state index contributed by atoms with van der Waals surface area (Å²) in [5.74, 6) is -5.33. The number of aromatic nitrogens is 2. The summed E-state index contributed by atoms with van der Waals surface area (Å²) in [4.78, 5) is 45.6. The molecule has 31 heavy (non-hydrogen) atoms. The number of amides is 3. The molecule has 2 N–H and O–H groups in total. The molecule has 0 aliphatic carbocycles. The summed E-state index contributed by atoms with van der Waals surface area (Å²) >= 11 is 5.74. The molecule has 3 amide bonds. The lowest BCUT2D eigenvalue weighted by molar-refractivity contribution is -0.131. The van der Waals surface area contributed by atoms with Crippen molar-refractivity contribution < 1.29 is 23.2 Å². The van der Waals surface area contributed by atoms with Crippen molar-refractivity contribution in [2.24, 2.45) is 0 Å². The number of carbonyl (C=O) groups is 3. The van der Waals surface area contributed by atoms with Crippen molar-refractivity contribution in [2.75, 3.05) is 18.4 Å². The summed E-state index contributed by atoms with van der Waals surface area (Å²) in [6, 6.07) is 4.58. The molecule has 1 aliphatic heterocycles. The number of hydrogen-bond acceptors (Lipinski definition) is 6. The van der Waals surface area contributed by atoms with Gasteiger partial charge < -0.3 is 15.5 Å². The molecule has 1 atom stereocenters. The highest BCUT2D eigenvalue weighted by atomic mass is 35.5. The van der Waals surface area contributed by atoms with Crippen LogP contribution in [0.1, 0.15) is 27.3 Å². The first-order valence-corrected chi connectivity index (χ1v) is 9.30. The van der Waals surface area contributed by atoms with E-state index in [-0.39, 0.29) is 16.9 Å². The Morgan fingerprint density at radius 1 is 1.26 bits per heavy atom. The summed E-state index contributed by atoms with van der Waals surface area (Å²) in [7, 11) is 0. The van der Waals surface area contributed by atoms with E-state index in [0.29, 0.717) is 5.02 Å². The fraction of sp³-hybridized carbons (Fsp3) is 0.263. The number of alkyl halides is 2. The molecule has 2 aromatic rings. The molecule has 1 aliphatic rings. The van der Waals surface area contributed by atoms with Crippen LogP contribution in [-0.4, -0.2) is 57.6 Å². The summed E-state index contributed by atoms with van der Waals surface area (Å²) in [5.41, 5.74) is 0.0952. The highest BCUT2D eigenvalue weighted by molar-refractivity contribution is 6.30. The van der Waals surface area contributed by atoms with E-state index in [1.807, 2.05) is 0 Å². The SMILES string of the molecule is N#CC1CC(F)(F)CN1C(=O)CNC(=O)c1ccncc1NC(=O)c1ccc(Cl)cn1. The Bertz CT molecular complexity index is 1060. The zero-order chi connectivity index (χ0) is 22.6. The van der Waals surface area contributed by atoms with Gasteiger partial charge in [-0.25, -0.2) is 13.8 Å². The Labute approximate surface area is 180 Å². The number of halogens is 3. The molecule has 0 aromatic carbocycles. The number of rotatable bonds is 5. The van der Waals surface area contributed by atoms with E-state index in [1.165, 1.54) is 36.8 Å². The molecule has 12 heteroatoms. The fourth-order valence-corrected chi connectivity index (χ4v) is 3.05. The highest BCUT2D eigenvalue weighted by Crippen LogP contribution is 2.31. The quantitative estimate of drug-likeness (QED) is 0.718. The topological polar surface area (TPSA) is 128 Å². The Morgan fingerprint density at radius 3 is 2.71 bits per heavy atom. The van der Waals surface area contributed by atoms with Crippen molar-refractivity contribution in [3.8, 4) is 6.07 Å². The summed E-state index contributed by atoms with van der Waals surface area (Å²) in [6.07, 6.45) is 3.08. The van der Waals surface area contributed by atoms with Crippen molar-refractivity contribution in [3.63, 3.8) is 0 Å². The van der Waals surface area contributed by atoms with Gasteiger partial charge in [0.2, 0.25) is 5.91 Å². The molecule has 3 rings (SSSR count). The van der Waals surface area contributed by atoms with Crippen molar-refractivity contribution >= 4 is 35.0 Å². The minimum absolute atomic E-state index is 0.00583. The molecule has 3 heterocycles. The smallest absolute Gasteiger partial charge is 0.274 e. The van der Waals surface area contributed by atoms with E-state index in [9.17, 15) is 23.2 Å². The summed E-state index contributed by atoms with van der Waals surface area (Å²) < 4.78 is 27.0. The second-order valence-corrected chi connectivity index (χ2v) is 7.08. The number of carbonyl (C=O) groups excluding carboxylic acids is 3. The maximum atomic E-state index is 13.5. The van der Waals surface area contributed by atoms with Gasteiger partial charge in [-0.05, 0) is 18.2 Å². The van der Waals surface area contributed by atoms with Gasteiger partial charge in [0.05, 0.1) is 41.6 Å². The van der Waals surface area contributed by atoms with Gasteiger partial charge in [-0.1, -0.05) is 11.6 Å². The van der Waals surface area contributed by atoms with E-state index >= 15 is 0 Å². The van der Waals surface area contributed by atoms with E-state index in [0.717, 1.165) is 4.90 Å². The maximum Gasteiger partial charge on any atom is 0.274 e. The third-order valence-electron chi connectivity index (χ3n) is 4.41. The third kappa shape index (κ3) is 5.29. The molecule has 0 saturated carbocycles. The van der Waals surface area contributed by atoms with Gasteiger partial charge in [0, 0.05) is 18.8 Å². The van der Waals surface area contributed by atoms with Crippen molar-refractivity contribution in [2.45, 2.75) is 18.4 Å². The first-order valence-electron chi connectivity index (χ1n) is 8.92. The van der Waals surface area contributed by atoms with Crippen molar-refractivity contribution in [3.05, 3.63) is 53.1 Å². The lowest BCUT2D eigenvalue weighted by atomic mass is 10.2. The monoisotopic (exact) mass is 448 g/mol. The summed E-state index contributed by atoms with van der Waals surface area (Å²) in [5, 5.41) is 14.1. The number of nitrogens with zero attached hydrogens (tertiary/aromatic N) is 4. The zero-order valence-electron chi connectivity index (χ0n) is 15.8. The predicted octanol–water partition coefficient (Wildman–Crippen LogP) is 1.87. The Hall–Kier alpha value is -3.65. The van der Waals surface area contributed by atoms with Crippen LogP contribution in [0.3, 0.4) is 0 Å². The Balaban J connectivity index is 1.66. The number of nitrogens with one attached hydrogen (secondary N) is 2. The van der Waals surface area contributed by atoms with Gasteiger partial charge in [-0.2, -0.15) is 5.26 Å². The molecule has 1 unspecified atom stereocenters. The average Bonchev–Trinajstić information content (AvgIpc) is 3.07. The first-order chi connectivity index (χ1) is 14.7. The van der Waals surface area contributed by atoms with E-state index in [4.69, 9.17) is 16.9 Å². The molecule has 160 valence electrons. The van der Waals surface area contributed by atoms with Crippen LogP contribution >= 0.6 is 11.6 Å². The van der Waals surface area contributed by atoms with E-state index < -0.39 is 49.2 Å². The molecular formula is C19H15ClF2N6O3. The van der Waals surface area contributed by atoms with Gasteiger partial charge in [0.15, 0.2) is 0 Å². The second kappa shape index (κ2) is 9.01. The molecule has 9 nitrogen and oxygen atoms in total. The van der Waals surface area contributed by atoms with Gasteiger partial charge in [0.1, 0.15) is 11.7 Å². The molecule has 1 saturated heterocycles. The minimum atomic E-state index is -3.15. The van der Waals surface area contributed by atoms with Crippen molar-refractivity contribution in [1.29, 1.82) is 5.26 Å². The number of anilines is 1. The molecular weight excluding hydrogens is 434 g/mol. The Kier molecular flexibility index (Phi) is 6.41. The average molecular weight is 449 g/mol. The van der Waals surface area contributed by atoms with Crippen LogP contribution in [0.15, 0.2) is 36.8 Å². The lowest BCUT2D eigenvalue weighted by Gasteiger charge is -2.19. The first kappa shape index (κ1) is 22.0. The number of likely N-dealkylation sites (tertiary alicyclic amines) is 1. The molecule has 0 bridgehead atoms. The van der Waals surface area contributed by atoms with E-state index in [1.54, 1.807) is 6.07 Å². The molecule has 0 spiro atoms. The van der Waals surface area contributed by atoms with Crippen LogP contribution in [0.25, 0.3) is 0 Å². The van der Waals surface area contributed by atoms with Gasteiger partial charge in [0.25, 0.3) is 17.7 Å². The van der Waals surface area contributed by atoms with E-state index in [2.05, 4.69) is 20.6 Å². The van der Waals surface area contributed by atoms with Gasteiger partial charge >= 0.3 is 0 Å². The number of pyridine rings is 2. The van der Waals surface area contributed by atoms with Gasteiger partial charge in [-0.15, -0.1) is 0 Å².